The summed E-state index contributed by atoms with van der Waals surface area (Å²) in [4.78, 5) is 22.4. The van der Waals surface area contributed by atoms with Crippen LogP contribution in [0, 0.1) is 0 Å². The first-order valence-electron chi connectivity index (χ1n) is 9.34. The molecule has 154 valence electrons. The van der Waals surface area contributed by atoms with E-state index in [1.807, 2.05) is 60.7 Å². The molecule has 8 nitrogen and oxygen atoms in total. The maximum Gasteiger partial charge on any atom is 0.356 e. The number of benzene rings is 3. The van der Waals surface area contributed by atoms with Crippen molar-refractivity contribution in [2.75, 3.05) is 0 Å². The van der Waals surface area contributed by atoms with E-state index in [2.05, 4.69) is 10.3 Å². The highest BCUT2D eigenvalue weighted by Crippen LogP contribution is 2.31. The van der Waals surface area contributed by atoms with Crippen molar-refractivity contribution in [1.82, 2.24) is 4.68 Å². The molecule has 0 amide bonds. The molecule has 8 heteroatoms. The van der Waals surface area contributed by atoms with Crippen LogP contribution >= 0.6 is 0 Å². The third-order valence-corrected chi connectivity index (χ3v) is 4.56. The molecule has 0 aliphatic carbocycles. The van der Waals surface area contributed by atoms with Crippen LogP contribution in [0.25, 0.3) is 22.2 Å². The predicted octanol–water partition coefficient (Wildman–Crippen LogP) is 4.77. The molecule has 0 saturated carbocycles. The fraction of sp³-hybridized carbons (Fsp3) is 0.0435. The van der Waals surface area contributed by atoms with Crippen LogP contribution in [0.4, 0.5) is 5.69 Å². The third kappa shape index (κ3) is 4.13. The normalized spacial score (nSPS) is 11.3. The average Bonchev–Trinajstić information content (AvgIpc) is 3.15. The first-order valence-corrected chi connectivity index (χ1v) is 9.34. The zero-order chi connectivity index (χ0) is 21.8. The lowest BCUT2D eigenvalue weighted by atomic mass is 10.1. The highest BCUT2D eigenvalue weighted by molar-refractivity contribution is 5.96. The van der Waals surface area contributed by atoms with Crippen molar-refractivity contribution in [2.45, 2.75) is 6.10 Å². The van der Waals surface area contributed by atoms with Gasteiger partial charge in [-0.1, -0.05) is 65.9 Å². The zero-order valence-corrected chi connectivity index (χ0v) is 16.1. The summed E-state index contributed by atoms with van der Waals surface area (Å²) in [7, 11) is 0. The van der Waals surface area contributed by atoms with E-state index in [9.17, 15) is 9.59 Å². The highest BCUT2D eigenvalue weighted by atomic mass is 16.5. The molecule has 4 aromatic rings. The van der Waals surface area contributed by atoms with Crippen LogP contribution in [0.5, 0.6) is 5.75 Å². The largest absolute Gasteiger partial charge is 0.478 e. The van der Waals surface area contributed by atoms with Crippen LogP contribution in [-0.4, -0.2) is 32.9 Å². The van der Waals surface area contributed by atoms with Crippen LogP contribution in [0.3, 0.4) is 0 Å². The molecule has 0 bridgehead atoms. The predicted molar refractivity (Wildman–Crippen MR) is 113 cm³/mol. The van der Waals surface area contributed by atoms with Crippen LogP contribution < -0.4 is 4.74 Å². The van der Waals surface area contributed by atoms with Crippen LogP contribution in [-0.2, 0) is 9.59 Å². The first kappa shape index (κ1) is 19.8. The second-order valence-corrected chi connectivity index (χ2v) is 6.60. The summed E-state index contributed by atoms with van der Waals surface area (Å²) in [5.41, 5.74) is 2.79. The molecule has 0 spiro atoms. The minimum Gasteiger partial charge on any atom is -0.478 e. The SMILES string of the molecule is O=C(O)C(Oc1ccccc1/N=N/n1c(-c2ccccc2)cc2ccccc21)C(=O)O. The van der Waals surface area contributed by atoms with Gasteiger partial charge < -0.3 is 14.9 Å². The Kier molecular flexibility index (Phi) is 5.44. The minimum atomic E-state index is -2.05. The van der Waals surface area contributed by atoms with Gasteiger partial charge in [-0.05, 0) is 24.3 Å². The summed E-state index contributed by atoms with van der Waals surface area (Å²) in [6.07, 6.45) is -2.05. The van der Waals surface area contributed by atoms with Crippen molar-refractivity contribution >= 4 is 28.5 Å². The van der Waals surface area contributed by atoms with Gasteiger partial charge in [-0.2, -0.15) is 0 Å². The Labute approximate surface area is 176 Å². The van der Waals surface area contributed by atoms with Crippen molar-refractivity contribution in [3.05, 3.63) is 84.9 Å². The second kappa shape index (κ2) is 8.50. The number of hydrogen-bond donors (Lipinski definition) is 2. The Balaban J connectivity index is 1.77. The molecule has 0 aliphatic rings. The van der Waals surface area contributed by atoms with Gasteiger partial charge in [0.2, 0.25) is 0 Å². The molecular formula is C23H17N3O5. The van der Waals surface area contributed by atoms with Gasteiger partial charge in [0.05, 0.1) is 11.2 Å². The smallest absolute Gasteiger partial charge is 0.356 e. The molecule has 0 aliphatic heterocycles. The van der Waals surface area contributed by atoms with Crippen molar-refractivity contribution in [2.24, 2.45) is 10.3 Å². The molecular weight excluding hydrogens is 398 g/mol. The lowest BCUT2D eigenvalue weighted by Crippen LogP contribution is -2.35. The number of aromatic nitrogens is 1. The van der Waals surface area contributed by atoms with Crippen molar-refractivity contribution in [3.8, 4) is 17.0 Å². The van der Waals surface area contributed by atoms with Crippen LogP contribution in [0.1, 0.15) is 0 Å². The third-order valence-electron chi connectivity index (χ3n) is 4.56. The van der Waals surface area contributed by atoms with Gasteiger partial charge in [-0.3, -0.25) is 0 Å². The Morgan fingerprint density at radius 2 is 1.48 bits per heavy atom. The Morgan fingerprint density at radius 3 is 2.23 bits per heavy atom. The van der Waals surface area contributed by atoms with E-state index in [-0.39, 0.29) is 11.4 Å². The highest BCUT2D eigenvalue weighted by Gasteiger charge is 2.28. The van der Waals surface area contributed by atoms with E-state index in [0.717, 1.165) is 22.2 Å². The molecule has 3 aromatic carbocycles. The summed E-state index contributed by atoms with van der Waals surface area (Å²) in [5.74, 6) is -3.22. The maximum absolute atomic E-state index is 11.2. The van der Waals surface area contributed by atoms with E-state index in [4.69, 9.17) is 14.9 Å². The fourth-order valence-electron chi connectivity index (χ4n) is 3.12. The lowest BCUT2D eigenvalue weighted by molar-refractivity contribution is -0.158. The number of fused-ring (bicyclic) bond motifs is 1. The Morgan fingerprint density at radius 1 is 0.839 bits per heavy atom. The Hall–Kier alpha value is -4.46. The lowest BCUT2D eigenvalue weighted by Gasteiger charge is -2.12. The number of carboxylic acid groups (broad SMARTS) is 2. The number of para-hydroxylation sites is 2. The van der Waals surface area contributed by atoms with E-state index < -0.39 is 18.0 Å². The zero-order valence-electron chi connectivity index (χ0n) is 16.1. The molecule has 31 heavy (non-hydrogen) atoms. The topological polar surface area (TPSA) is 113 Å². The van der Waals surface area contributed by atoms with Crippen LogP contribution in [0.15, 0.2) is 95.3 Å². The molecule has 0 radical (unpaired) electrons. The van der Waals surface area contributed by atoms with Crippen molar-refractivity contribution in [1.29, 1.82) is 0 Å². The molecule has 0 unspecified atom stereocenters. The number of nitrogens with zero attached hydrogens (tertiary/aromatic N) is 3. The van der Waals surface area contributed by atoms with E-state index in [1.165, 1.54) is 6.07 Å². The maximum atomic E-state index is 11.2. The van der Waals surface area contributed by atoms with Crippen molar-refractivity contribution in [3.63, 3.8) is 0 Å². The number of rotatable bonds is 7. The first-order chi connectivity index (χ1) is 15.0. The van der Waals surface area contributed by atoms with E-state index in [0.29, 0.717) is 0 Å². The monoisotopic (exact) mass is 415 g/mol. The molecule has 4 rings (SSSR count). The molecule has 0 saturated heterocycles. The van der Waals surface area contributed by atoms with Gasteiger partial charge in [0.15, 0.2) is 0 Å². The number of carboxylic acids is 2. The van der Waals surface area contributed by atoms with E-state index >= 15 is 0 Å². The van der Waals surface area contributed by atoms with E-state index in [1.54, 1.807) is 22.9 Å². The van der Waals surface area contributed by atoms with Gasteiger partial charge in [-0.25, -0.2) is 14.3 Å². The van der Waals surface area contributed by atoms with Gasteiger partial charge in [-0.15, -0.1) is 5.11 Å². The van der Waals surface area contributed by atoms with Crippen molar-refractivity contribution < 1.29 is 24.5 Å². The quantitative estimate of drug-likeness (QED) is 0.333. The number of hydrogen-bond acceptors (Lipinski definition) is 5. The molecule has 0 fully saturated rings. The average molecular weight is 415 g/mol. The molecule has 1 heterocycles. The fourth-order valence-corrected chi connectivity index (χ4v) is 3.12. The number of aliphatic carboxylic acids is 2. The summed E-state index contributed by atoms with van der Waals surface area (Å²) < 4.78 is 6.85. The standard InChI is InChI=1S/C23H17N3O5/c27-22(28)21(23(29)30)31-20-13-7-5-11-17(20)24-25-26-18-12-6-4-10-16(18)14-19(26)15-8-2-1-3-9-15/h1-14,21H,(H,27,28)(H,29,30)/b25-24+. The number of ether oxygens (including phenoxy) is 1. The van der Waals surface area contributed by atoms with Gasteiger partial charge in [0, 0.05) is 10.9 Å². The molecule has 0 atom stereocenters. The summed E-state index contributed by atoms with van der Waals surface area (Å²) in [5, 5.41) is 27.8. The molecule has 2 N–H and O–H groups in total. The Bertz CT molecular complexity index is 1270. The summed E-state index contributed by atoms with van der Waals surface area (Å²) >= 11 is 0. The van der Waals surface area contributed by atoms with Gasteiger partial charge in [0.1, 0.15) is 11.4 Å². The van der Waals surface area contributed by atoms with Crippen LogP contribution in [0.2, 0.25) is 0 Å². The minimum absolute atomic E-state index is 0.00114. The summed E-state index contributed by atoms with van der Waals surface area (Å²) in [6, 6.07) is 25.7. The van der Waals surface area contributed by atoms with Gasteiger partial charge in [0.25, 0.3) is 6.10 Å². The molecule has 1 aromatic heterocycles. The second-order valence-electron chi connectivity index (χ2n) is 6.60. The number of carbonyl (C=O) groups is 2. The van der Waals surface area contributed by atoms with Gasteiger partial charge >= 0.3 is 11.9 Å². The summed E-state index contributed by atoms with van der Waals surface area (Å²) in [6.45, 7) is 0.